The van der Waals surface area contributed by atoms with Crippen LogP contribution in [0.3, 0.4) is 0 Å². The lowest BCUT2D eigenvalue weighted by Crippen LogP contribution is -2.22. The first kappa shape index (κ1) is 16.1. The minimum absolute atomic E-state index is 0.193. The number of nitrogens with two attached hydrogens (primary N) is 1. The van der Waals surface area contributed by atoms with Crippen molar-refractivity contribution in [1.29, 1.82) is 0 Å². The predicted molar refractivity (Wildman–Crippen MR) is 85.1 cm³/mol. The minimum Gasteiger partial charge on any atom is -0.398 e. The largest absolute Gasteiger partial charge is 0.398 e. The van der Waals surface area contributed by atoms with E-state index in [-0.39, 0.29) is 4.90 Å². The SMILES string of the molecule is CN(C)S(=O)(=O)c1ccc(N)c(Sc2ccc(Cl)cn2)c1. The summed E-state index contributed by atoms with van der Waals surface area (Å²) < 4.78 is 25.4. The molecular formula is C13H14ClN3O2S2. The van der Waals surface area contributed by atoms with E-state index in [0.717, 1.165) is 4.31 Å². The van der Waals surface area contributed by atoms with Crippen molar-refractivity contribution in [2.45, 2.75) is 14.8 Å². The van der Waals surface area contributed by atoms with Gasteiger partial charge in [-0.2, -0.15) is 0 Å². The molecule has 0 saturated carbocycles. The summed E-state index contributed by atoms with van der Waals surface area (Å²) in [6.45, 7) is 0. The monoisotopic (exact) mass is 343 g/mol. The van der Waals surface area contributed by atoms with Crippen LogP contribution in [0.15, 0.2) is 51.3 Å². The normalized spacial score (nSPS) is 11.8. The number of nitrogens with zero attached hydrogens (tertiary/aromatic N) is 2. The van der Waals surface area contributed by atoms with E-state index in [1.54, 1.807) is 24.3 Å². The van der Waals surface area contributed by atoms with Crippen LogP contribution in [0.25, 0.3) is 0 Å². The molecule has 0 saturated heterocycles. The molecule has 1 heterocycles. The van der Waals surface area contributed by atoms with Crippen LogP contribution >= 0.6 is 23.4 Å². The van der Waals surface area contributed by atoms with Gasteiger partial charge in [0.15, 0.2) is 0 Å². The Morgan fingerprint density at radius 1 is 1.24 bits per heavy atom. The summed E-state index contributed by atoms with van der Waals surface area (Å²) in [5.41, 5.74) is 6.40. The molecule has 0 aliphatic heterocycles. The zero-order chi connectivity index (χ0) is 15.6. The Labute approximate surface area is 133 Å². The highest BCUT2D eigenvalue weighted by atomic mass is 35.5. The number of benzene rings is 1. The molecule has 0 radical (unpaired) electrons. The van der Waals surface area contributed by atoms with Crippen LogP contribution in [0.1, 0.15) is 0 Å². The number of hydrogen-bond donors (Lipinski definition) is 1. The van der Waals surface area contributed by atoms with Crippen LogP contribution in [0, 0.1) is 0 Å². The topological polar surface area (TPSA) is 76.3 Å². The molecule has 0 amide bonds. The molecule has 1 aromatic heterocycles. The smallest absolute Gasteiger partial charge is 0.242 e. The molecule has 8 heteroatoms. The van der Waals surface area contributed by atoms with E-state index in [1.165, 1.54) is 38.1 Å². The molecule has 0 aliphatic rings. The van der Waals surface area contributed by atoms with Crippen molar-refractivity contribution in [1.82, 2.24) is 9.29 Å². The maximum atomic E-state index is 12.1. The number of rotatable bonds is 4. The second-order valence-corrected chi connectivity index (χ2v) is 8.05. The Morgan fingerprint density at radius 2 is 1.95 bits per heavy atom. The van der Waals surface area contributed by atoms with Crippen molar-refractivity contribution in [2.75, 3.05) is 19.8 Å². The molecule has 0 atom stereocenters. The molecule has 0 spiro atoms. The van der Waals surface area contributed by atoms with Crippen molar-refractivity contribution in [3.63, 3.8) is 0 Å². The van der Waals surface area contributed by atoms with E-state index in [1.807, 2.05) is 0 Å². The first-order valence-electron chi connectivity index (χ1n) is 5.92. The molecule has 21 heavy (non-hydrogen) atoms. The average Bonchev–Trinajstić information content (AvgIpc) is 2.43. The fourth-order valence-electron chi connectivity index (χ4n) is 1.51. The van der Waals surface area contributed by atoms with Gasteiger partial charge in [-0.1, -0.05) is 23.4 Å². The van der Waals surface area contributed by atoms with Gasteiger partial charge in [-0.15, -0.1) is 0 Å². The predicted octanol–water partition coefficient (Wildman–Crippen LogP) is 2.72. The second kappa shape index (κ2) is 6.23. The first-order valence-corrected chi connectivity index (χ1v) is 8.55. The van der Waals surface area contributed by atoms with Crippen LogP contribution in [0.2, 0.25) is 5.02 Å². The van der Waals surface area contributed by atoms with Crippen molar-refractivity contribution in [3.05, 3.63) is 41.6 Å². The van der Waals surface area contributed by atoms with E-state index >= 15 is 0 Å². The fraction of sp³-hybridized carbons (Fsp3) is 0.154. The standard InChI is InChI=1S/C13H14ClN3O2S2/c1-17(2)21(18,19)10-4-5-11(15)12(7-10)20-13-6-3-9(14)8-16-13/h3-8H,15H2,1-2H3. The zero-order valence-electron chi connectivity index (χ0n) is 11.4. The third-order valence-corrected chi connectivity index (χ3v) is 5.74. The molecular weight excluding hydrogens is 330 g/mol. The number of anilines is 1. The summed E-state index contributed by atoms with van der Waals surface area (Å²) in [5, 5.41) is 1.22. The molecule has 0 bridgehead atoms. The van der Waals surface area contributed by atoms with Gasteiger partial charge >= 0.3 is 0 Å². The van der Waals surface area contributed by atoms with Crippen LogP contribution < -0.4 is 5.73 Å². The average molecular weight is 344 g/mol. The molecule has 2 N–H and O–H groups in total. The summed E-state index contributed by atoms with van der Waals surface area (Å²) in [5.74, 6) is 0. The summed E-state index contributed by atoms with van der Waals surface area (Å²) in [7, 11) is -0.521. The summed E-state index contributed by atoms with van der Waals surface area (Å²) >= 11 is 7.07. The van der Waals surface area contributed by atoms with Crippen LogP contribution in [0.5, 0.6) is 0 Å². The van der Waals surface area contributed by atoms with Gasteiger partial charge in [-0.05, 0) is 30.3 Å². The van der Waals surface area contributed by atoms with E-state index in [0.29, 0.717) is 20.6 Å². The number of nitrogen functional groups attached to an aromatic ring is 1. The highest BCUT2D eigenvalue weighted by molar-refractivity contribution is 7.99. The Kier molecular flexibility index (Phi) is 4.77. The van der Waals surface area contributed by atoms with E-state index in [4.69, 9.17) is 17.3 Å². The molecule has 2 aromatic rings. The number of halogens is 1. The van der Waals surface area contributed by atoms with Crippen LogP contribution in [-0.2, 0) is 10.0 Å². The zero-order valence-corrected chi connectivity index (χ0v) is 13.8. The number of aromatic nitrogens is 1. The third-order valence-electron chi connectivity index (χ3n) is 2.68. The molecule has 2 rings (SSSR count). The van der Waals surface area contributed by atoms with Crippen LogP contribution in [-0.4, -0.2) is 31.8 Å². The minimum atomic E-state index is -3.49. The molecule has 1 aromatic carbocycles. The molecule has 5 nitrogen and oxygen atoms in total. The highest BCUT2D eigenvalue weighted by Crippen LogP contribution is 2.33. The van der Waals surface area contributed by atoms with Crippen molar-refractivity contribution in [2.24, 2.45) is 0 Å². The van der Waals surface area contributed by atoms with Crippen molar-refractivity contribution < 1.29 is 8.42 Å². The van der Waals surface area contributed by atoms with Crippen LogP contribution in [0.4, 0.5) is 5.69 Å². The number of pyridine rings is 1. The molecule has 0 unspecified atom stereocenters. The lowest BCUT2D eigenvalue weighted by Gasteiger charge is -2.13. The number of sulfonamides is 1. The molecule has 112 valence electrons. The van der Waals surface area contributed by atoms with Gasteiger partial charge in [0.1, 0.15) is 5.03 Å². The summed E-state index contributed by atoms with van der Waals surface area (Å²) in [6, 6.07) is 8.08. The quantitative estimate of drug-likeness (QED) is 0.864. The Hall–Kier alpha value is -1.28. The number of hydrogen-bond acceptors (Lipinski definition) is 5. The van der Waals surface area contributed by atoms with Crippen molar-refractivity contribution in [3.8, 4) is 0 Å². The maximum Gasteiger partial charge on any atom is 0.242 e. The second-order valence-electron chi connectivity index (χ2n) is 4.40. The van der Waals surface area contributed by atoms with Gasteiger partial charge in [0, 0.05) is 30.9 Å². The van der Waals surface area contributed by atoms with E-state index in [9.17, 15) is 8.42 Å². The first-order chi connectivity index (χ1) is 9.80. The summed E-state index contributed by atoms with van der Waals surface area (Å²) in [4.78, 5) is 4.98. The Morgan fingerprint density at radius 3 is 2.52 bits per heavy atom. The fourth-order valence-corrected chi connectivity index (χ4v) is 3.46. The van der Waals surface area contributed by atoms with Gasteiger partial charge in [-0.25, -0.2) is 17.7 Å². The van der Waals surface area contributed by atoms with E-state index < -0.39 is 10.0 Å². The highest BCUT2D eigenvalue weighted by Gasteiger charge is 2.18. The Balaban J connectivity index is 2.38. The molecule has 0 aliphatic carbocycles. The lowest BCUT2D eigenvalue weighted by atomic mass is 10.3. The van der Waals surface area contributed by atoms with Gasteiger partial charge in [-0.3, -0.25) is 0 Å². The third kappa shape index (κ3) is 3.68. The van der Waals surface area contributed by atoms with Gasteiger partial charge in [0.25, 0.3) is 0 Å². The Bertz CT molecular complexity index is 747. The lowest BCUT2D eigenvalue weighted by molar-refractivity contribution is 0.520. The summed E-state index contributed by atoms with van der Waals surface area (Å²) in [6.07, 6.45) is 1.53. The van der Waals surface area contributed by atoms with Gasteiger partial charge in [0.05, 0.1) is 9.92 Å². The molecule has 0 fully saturated rings. The maximum absolute atomic E-state index is 12.1. The van der Waals surface area contributed by atoms with Gasteiger partial charge < -0.3 is 5.73 Å². The van der Waals surface area contributed by atoms with E-state index in [2.05, 4.69) is 4.98 Å². The van der Waals surface area contributed by atoms with Crippen molar-refractivity contribution >= 4 is 39.1 Å². The van der Waals surface area contributed by atoms with Gasteiger partial charge in [0.2, 0.25) is 10.0 Å².